The highest BCUT2D eigenvalue weighted by Gasteiger charge is 2.24. The molecule has 6 heteroatoms. The van der Waals surface area contributed by atoms with Gasteiger partial charge in [0.05, 0.1) is 17.8 Å². The van der Waals surface area contributed by atoms with E-state index in [4.69, 9.17) is 4.52 Å². The summed E-state index contributed by atoms with van der Waals surface area (Å²) < 4.78 is 5.23. The van der Waals surface area contributed by atoms with Gasteiger partial charge in [-0.1, -0.05) is 11.2 Å². The summed E-state index contributed by atoms with van der Waals surface area (Å²) in [5.41, 5.74) is 2.18. The van der Waals surface area contributed by atoms with Gasteiger partial charge in [-0.2, -0.15) is 0 Å². The molecule has 1 N–H and O–H groups in total. The summed E-state index contributed by atoms with van der Waals surface area (Å²) in [7, 11) is 0. The molecule has 1 fully saturated rings. The molecule has 1 aliphatic rings. The molecule has 0 aliphatic carbocycles. The summed E-state index contributed by atoms with van der Waals surface area (Å²) >= 11 is 0. The Balaban J connectivity index is 1.59. The highest BCUT2D eigenvalue weighted by Crippen LogP contribution is 2.21. The number of amides is 1. The Morgan fingerprint density at radius 1 is 1.22 bits per heavy atom. The summed E-state index contributed by atoms with van der Waals surface area (Å²) in [6.07, 6.45) is 0. The summed E-state index contributed by atoms with van der Waals surface area (Å²) in [5, 5.41) is 13.9. The number of carbonyl (C=O) groups is 1. The fourth-order valence-corrected chi connectivity index (χ4v) is 2.81. The van der Waals surface area contributed by atoms with Crippen LogP contribution in [0.1, 0.15) is 27.4 Å². The molecule has 2 aromatic rings. The molecule has 0 unspecified atom stereocenters. The lowest BCUT2D eigenvalue weighted by Gasteiger charge is -2.34. The molecule has 3 rings (SSSR count). The van der Waals surface area contributed by atoms with Gasteiger partial charge in [-0.05, 0) is 31.5 Å². The maximum Gasteiger partial charge on any atom is 0.257 e. The molecule has 0 atom stereocenters. The number of benzene rings is 1. The van der Waals surface area contributed by atoms with Gasteiger partial charge in [-0.3, -0.25) is 9.69 Å². The maximum atomic E-state index is 12.5. The van der Waals surface area contributed by atoms with Crippen molar-refractivity contribution in [2.24, 2.45) is 0 Å². The minimum absolute atomic E-state index is 0.0505. The predicted octanol–water partition coefficient (Wildman–Crippen LogP) is 1.96. The van der Waals surface area contributed by atoms with E-state index in [1.165, 1.54) is 0 Å². The first-order valence-corrected chi connectivity index (χ1v) is 7.76. The monoisotopic (exact) mass is 315 g/mol. The summed E-state index contributed by atoms with van der Waals surface area (Å²) in [6.45, 7) is 7.32. The first-order valence-electron chi connectivity index (χ1n) is 7.76. The topological polar surface area (TPSA) is 69.8 Å². The van der Waals surface area contributed by atoms with Crippen molar-refractivity contribution in [2.45, 2.75) is 20.4 Å². The molecular weight excluding hydrogens is 294 g/mol. The van der Waals surface area contributed by atoms with Crippen molar-refractivity contribution in [2.75, 3.05) is 26.2 Å². The van der Waals surface area contributed by atoms with Gasteiger partial charge in [-0.15, -0.1) is 0 Å². The second-order valence-electron chi connectivity index (χ2n) is 6.02. The number of nitrogens with zero attached hydrogens (tertiary/aromatic N) is 3. The third-order valence-electron chi connectivity index (χ3n) is 4.10. The van der Waals surface area contributed by atoms with E-state index in [1.807, 2.05) is 26.0 Å². The van der Waals surface area contributed by atoms with Crippen LogP contribution in [0.4, 0.5) is 0 Å². The number of hydrogen-bond acceptors (Lipinski definition) is 5. The molecule has 23 heavy (non-hydrogen) atoms. The first-order chi connectivity index (χ1) is 11.0. The Bertz CT molecular complexity index is 703. The molecule has 1 aliphatic heterocycles. The van der Waals surface area contributed by atoms with Crippen LogP contribution in [-0.4, -0.2) is 52.1 Å². The van der Waals surface area contributed by atoms with Crippen LogP contribution in [-0.2, 0) is 6.54 Å². The molecule has 122 valence electrons. The fourth-order valence-electron chi connectivity index (χ4n) is 2.81. The normalized spacial score (nSPS) is 15.8. The van der Waals surface area contributed by atoms with Crippen LogP contribution in [0, 0.1) is 13.8 Å². The Hall–Kier alpha value is -2.34. The quantitative estimate of drug-likeness (QED) is 0.937. The number of phenolic OH excluding ortho intramolecular Hbond substituents is 1. The van der Waals surface area contributed by atoms with Crippen molar-refractivity contribution in [1.82, 2.24) is 15.0 Å². The maximum absolute atomic E-state index is 12.5. The van der Waals surface area contributed by atoms with E-state index < -0.39 is 0 Å². The Morgan fingerprint density at radius 2 is 1.96 bits per heavy atom. The number of aromatic nitrogens is 1. The molecular formula is C17H21N3O3. The van der Waals surface area contributed by atoms with Crippen molar-refractivity contribution in [1.29, 1.82) is 0 Å². The smallest absolute Gasteiger partial charge is 0.257 e. The molecule has 0 bridgehead atoms. The van der Waals surface area contributed by atoms with E-state index in [2.05, 4.69) is 10.1 Å². The first kappa shape index (κ1) is 15.6. The Kier molecular flexibility index (Phi) is 4.34. The lowest BCUT2D eigenvalue weighted by Crippen LogP contribution is -2.48. The molecule has 1 saturated heterocycles. The third-order valence-corrected chi connectivity index (χ3v) is 4.10. The lowest BCUT2D eigenvalue weighted by atomic mass is 10.1. The number of hydrogen-bond donors (Lipinski definition) is 1. The fraction of sp³-hybridized carbons (Fsp3) is 0.412. The van der Waals surface area contributed by atoms with Crippen molar-refractivity contribution >= 4 is 5.91 Å². The predicted molar refractivity (Wildman–Crippen MR) is 85.3 cm³/mol. The van der Waals surface area contributed by atoms with Gasteiger partial charge in [0.25, 0.3) is 5.91 Å². The van der Waals surface area contributed by atoms with Gasteiger partial charge in [0, 0.05) is 32.2 Å². The van der Waals surface area contributed by atoms with Crippen LogP contribution in [0.3, 0.4) is 0 Å². The highest BCUT2D eigenvalue weighted by atomic mass is 16.5. The van der Waals surface area contributed by atoms with Crippen molar-refractivity contribution in [3.05, 3.63) is 46.8 Å². The minimum atomic E-state index is -0.113. The number of phenols is 1. The van der Waals surface area contributed by atoms with E-state index in [1.54, 1.807) is 17.0 Å². The SMILES string of the molecule is Cc1ccc(C(=O)N2CCN(Cc3cc(C)no3)CC2)c(O)c1. The average molecular weight is 315 g/mol. The summed E-state index contributed by atoms with van der Waals surface area (Å²) in [6, 6.07) is 7.09. The minimum Gasteiger partial charge on any atom is -0.507 e. The van der Waals surface area contributed by atoms with Gasteiger partial charge in [0.15, 0.2) is 5.76 Å². The van der Waals surface area contributed by atoms with Gasteiger partial charge >= 0.3 is 0 Å². The van der Waals surface area contributed by atoms with Gasteiger partial charge in [-0.25, -0.2) is 0 Å². The van der Waals surface area contributed by atoms with Crippen molar-refractivity contribution in [3.63, 3.8) is 0 Å². The van der Waals surface area contributed by atoms with E-state index in [9.17, 15) is 9.90 Å². The van der Waals surface area contributed by atoms with Crippen molar-refractivity contribution < 1.29 is 14.4 Å². The number of carbonyl (C=O) groups excluding carboxylic acids is 1. The zero-order chi connectivity index (χ0) is 16.4. The third kappa shape index (κ3) is 3.53. The second kappa shape index (κ2) is 6.42. The Labute approximate surface area is 135 Å². The zero-order valence-corrected chi connectivity index (χ0v) is 13.5. The molecule has 1 aromatic heterocycles. The number of rotatable bonds is 3. The number of piperazine rings is 1. The molecule has 0 radical (unpaired) electrons. The van der Waals surface area contributed by atoms with E-state index in [0.717, 1.165) is 30.1 Å². The summed E-state index contributed by atoms with van der Waals surface area (Å²) in [4.78, 5) is 16.5. The van der Waals surface area contributed by atoms with Crippen LogP contribution >= 0.6 is 0 Å². The lowest BCUT2D eigenvalue weighted by molar-refractivity contribution is 0.0614. The number of aromatic hydroxyl groups is 1. The van der Waals surface area contributed by atoms with Crippen LogP contribution in [0.5, 0.6) is 5.75 Å². The highest BCUT2D eigenvalue weighted by molar-refractivity contribution is 5.97. The molecule has 6 nitrogen and oxygen atoms in total. The van der Waals surface area contributed by atoms with E-state index >= 15 is 0 Å². The van der Waals surface area contributed by atoms with E-state index in [-0.39, 0.29) is 11.7 Å². The standard InChI is InChI=1S/C17H21N3O3/c1-12-3-4-15(16(21)9-12)17(22)20-7-5-19(6-8-20)11-14-10-13(2)18-23-14/h3-4,9-10,21H,5-8,11H2,1-2H3. The molecule has 2 heterocycles. The van der Waals surface area contributed by atoms with Crippen LogP contribution in [0.25, 0.3) is 0 Å². The van der Waals surface area contributed by atoms with Crippen LogP contribution in [0.15, 0.2) is 28.8 Å². The molecule has 1 amide bonds. The van der Waals surface area contributed by atoms with Gasteiger partial charge in [0.2, 0.25) is 0 Å². The van der Waals surface area contributed by atoms with Gasteiger partial charge < -0.3 is 14.5 Å². The van der Waals surface area contributed by atoms with E-state index in [0.29, 0.717) is 25.2 Å². The second-order valence-corrected chi connectivity index (χ2v) is 6.02. The average Bonchev–Trinajstić information content (AvgIpc) is 2.92. The van der Waals surface area contributed by atoms with Gasteiger partial charge in [0.1, 0.15) is 5.75 Å². The largest absolute Gasteiger partial charge is 0.507 e. The molecule has 1 aromatic carbocycles. The van der Waals surface area contributed by atoms with Crippen LogP contribution < -0.4 is 0 Å². The van der Waals surface area contributed by atoms with Crippen LogP contribution in [0.2, 0.25) is 0 Å². The molecule has 0 spiro atoms. The molecule has 0 saturated carbocycles. The summed E-state index contributed by atoms with van der Waals surface area (Å²) in [5.74, 6) is 0.783. The number of aryl methyl sites for hydroxylation is 2. The zero-order valence-electron chi connectivity index (χ0n) is 13.5. The Morgan fingerprint density at radius 3 is 2.57 bits per heavy atom. The van der Waals surface area contributed by atoms with Crippen molar-refractivity contribution in [3.8, 4) is 5.75 Å².